The molecular weight excluding hydrogens is 278 g/mol. The largest absolute Gasteiger partial charge is 0.481 e. The number of carboxylic acid groups (broad SMARTS) is 1. The fourth-order valence-electron chi connectivity index (χ4n) is 2.44. The number of carbonyl (C=O) groups is 3. The Balaban J connectivity index is 1.95. The van der Waals surface area contributed by atoms with E-state index in [1.807, 2.05) is 7.05 Å². The third-order valence-corrected chi connectivity index (χ3v) is 3.72. The first-order valence-electron chi connectivity index (χ1n) is 6.97. The second-order valence-corrected chi connectivity index (χ2v) is 5.31. The van der Waals surface area contributed by atoms with Crippen LogP contribution in [0.4, 0.5) is 4.79 Å². The molecule has 0 aromatic rings. The van der Waals surface area contributed by atoms with E-state index in [0.717, 1.165) is 13.1 Å². The second-order valence-electron chi connectivity index (χ2n) is 5.31. The zero-order chi connectivity index (χ0) is 15.4. The molecule has 0 spiro atoms. The Bertz CT molecular complexity index is 422. The summed E-state index contributed by atoms with van der Waals surface area (Å²) in [5, 5.41) is 13.3. The van der Waals surface area contributed by atoms with Gasteiger partial charge in [0.05, 0.1) is 6.42 Å². The summed E-state index contributed by atoms with van der Waals surface area (Å²) >= 11 is 0. The van der Waals surface area contributed by atoms with Crippen LogP contribution in [0.2, 0.25) is 0 Å². The lowest BCUT2D eigenvalue weighted by Gasteiger charge is -2.37. The Hall–Kier alpha value is -1.87. The molecule has 9 nitrogen and oxygen atoms in total. The molecule has 1 atom stereocenters. The predicted octanol–water partition coefficient (Wildman–Crippen LogP) is -1.87. The van der Waals surface area contributed by atoms with Gasteiger partial charge in [0.25, 0.3) is 0 Å². The minimum Gasteiger partial charge on any atom is -0.481 e. The highest BCUT2D eigenvalue weighted by atomic mass is 16.4. The maximum absolute atomic E-state index is 12.3. The number of rotatable bonds is 3. The molecule has 2 rings (SSSR count). The number of carbonyl (C=O) groups excluding carboxylic acids is 2. The highest BCUT2D eigenvalue weighted by molar-refractivity contribution is 5.91. The highest BCUT2D eigenvalue weighted by Crippen LogP contribution is 2.10. The van der Waals surface area contributed by atoms with Crippen LogP contribution in [0.15, 0.2) is 0 Å². The van der Waals surface area contributed by atoms with E-state index in [1.54, 1.807) is 5.01 Å². The average Bonchev–Trinajstić information content (AvgIpc) is 2.43. The number of aliphatic carboxylic acids is 1. The van der Waals surface area contributed by atoms with Crippen molar-refractivity contribution >= 4 is 17.9 Å². The number of carboxylic acids is 1. The molecule has 118 valence electrons. The standard InChI is InChI=1S/C12H21N5O4/c1-15-4-6-16(7-5-15)14-12(21)17-3-2-13-11(20)9(17)8-10(18)19/h9H,2-8H2,1H3,(H,13,20)(H,14,21)(H,18,19). The Morgan fingerprint density at radius 2 is 1.95 bits per heavy atom. The molecule has 1 unspecified atom stereocenters. The summed E-state index contributed by atoms with van der Waals surface area (Å²) in [6, 6.07) is -1.37. The zero-order valence-electron chi connectivity index (χ0n) is 12.0. The van der Waals surface area contributed by atoms with Gasteiger partial charge >= 0.3 is 12.0 Å². The minimum absolute atomic E-state index is 0.309. The smallest absolute Gasteiger partial charge is 0.332 e. The van der Waals surface area contributed by atoms with E-state index in [-0.39, 0.29) is 6.42 Å². The number of hydrogen-bond donors (Lipinski definition) is 3. The molecule has 2 heterocycles. The van der Waals surface area contributed by atoms with Gasteiger partial charge in [-0.25, -0.2) is 9.80 Å². The quantitative estimate of drug-likeness (QED) is 0.564. The molecule has 0 saturated carbocycles. The number of hydrogen-bond acceptors (Lipinski definition) is 5. The van der Waals surface area contributed by atoms with Crippen LogP contribution in [-0.2, 0) is 9.59 Å². The van der Waals surface area contributed by atoms with E-state index in [2.05, 4.69) is 15.6 Å². The van der Waals surface area contributed by atoms with E-state index < -0.39 is 23.9 Å². The summed E-state index contributed by atoms with van der Waals surface area (Å²) in [7, 11) is 2.01. The van der Waals surface area contributed by atoms with Gasteiger partial charge in [0.2, 0.25) is 5.91 Å². The van der Waals surface area contributed by atoms with Crippen molar-refractivity contribution in [3.63, 3.8) is 0 Å². The van der Waals surface area contributed by atoms with Crippen molar-refractivity contribution in [1.82, 2.24) is 25.6 Å². The molecule has 0 radical (unpaired) electrons. The van der Waals surface area contributed by atoms with Gasteiger partial charge in [-0.15, -0.1) is 0 Å². The summed E-state index contributed by atoms with van der Waals surface area (Å²) in [5.74, 6) is -1.52. The Kier molecular flexibility index (Phi) is 4.97. The molecule has 3 N–H and O–H groups in total. The van der Waals surface area contributed by atoms with Crippen LogP contribution in [0.1, 0.15) is 6.42 Å². The molecular formula is C12H21N5O4. The number of nitrogens with zero attached hydrogens (tertiary/aromatic N) is 3. The van der Waals surface area contributed by atoms with Gasteiger partial charge in [0.1, 0.15) is 6.04 Å². The van der Waals surface area contributed by atoms with Crippen LogP contribution in [0.5, 0.6) is 0 Å². The first kappa shape index (κ1) is 15.5. The zero-order valence-corrected chi connectivity index (χ0v) is 12.0. The summed E-state index contributed by atoms with van der Waals surface area (Å²) in [6.07, 6.45) is -0.387. The van der Waals surface area contributed by atoms with Crippen molar-refractivity contribution in [2.24, 2.45) is 0 Å². The Labute approximate surface area is 122 Å². The third-order valence-electron chi connectivity index (χ3n) is 3.72. The number of piperazine rings is 2. The van der Waals surface area contributed by atoms with Crippen LogP contribution < -0.4 is 10.7 Å². The fourth-order valence-corrected chi connectivity index (χ4v) is 2.44. The molecule has 2 aliphatic rings. The molecule has 0 aromatic carbocycles. The summed E-state index contributed by atoms with van der Waals surface area (Å²) < 4.78 is 0. The third kappa shape index (κ3) is 4.05. The maximum Gasteiger partial charge on any atom is 0.332 e. The van der Waals surface area contributed by atoms with Crippen LogP contribution in [0.3, 0.4) is 0 Å². The number of hydrazine groups is 1. The summed E-state index contributed by atoms with van der Waals surface area (Å²) in [5.41, 5.74) is 2.75. The monoisotopic (exact) mass is 299 g/mol. The number of likely N-dealkylation sites (N-methyl/N-ethyl adjacent to an activating group) is 1. The molecule has 0 bridgehead atoms. The minimum atomic E-state index is -1.10. The fraction of sp³-hybridized carbons (Fsp3) is 0.750. The van der Waals surface area contributed by atoms with Crippen LogP contribution in [0, 0.1) is 0 Å². The van der Waals surface area contributed by atoms with Crippen LogP contribution in [0.25, 0.3) is 0 Å². The topological polar surface area (TPSA) is 105 Å². The first-order valence-corrected chi connectivity index (χ1v) is 6.97. The van der Waals surface area contributed by atoms with Crippen molar-refractivity contribution < 1.29 is 19.5 Å². The van der Waals surface area contributed by atoms with E-state index in [0.29, 0.717) is 26.2 Å². The van der Waals surface area contributed by atoms with Crippen molar-refractivity contribution in [3.8, 4) is 0 Å². The van der Waals surface area contributed by atoms with Gasteiger partial charge in [0.15, 0.2) is 0 Å². The Morgan fingerprint density at radius 3 is 2.57 bits per heavy atom. The molecule has 2 saturated heterocycles. The van der Waals surface area contributed by atoms with Crippen LogP contribution >= 0.6 is 0 Å². The van der Waals surface area contributed by atoms with Crippen molar-refractivity contribution in [3.05, 3.63) is 0 Å². The average molecular weight is 299 g/mol. The lowest BCUT2D eigenvalue weighted by Crippen LogP contribution is -2.63. The predicted molar refractivity (Wildman–Crippen MR) is 73.4 cm³/mol. The van der Waals surface area contributed by atoms with Gasteiger partial charge in [-0.1, -0.05) is 0 Å². The van der Waals surface area contributed by atoms with Gasteiger partial charge in [-0.05, 0) is 7.05 Å². The first-order chi connectivity index (χ1) is 9.97. The van der Waals surface area contributed by atoms with E-state index in [4.69, 9.17) is 5.11 Å². The normalized spacial score (nSPS) is 24.5. The van der Waals surface area contributed by atoms with Crippen molar-refractivity contribution in [1.29, 1.82) is 0 Å². The van der Waals surface area contributed by atoms with Gasteiger partial charge in [-0.2, -0.15) is 0 Å². The number of nitrogens with one attached hydrogen (secondary N) is 2. The molecule has 21 heavy (non-hydrogen) atoms. The SMILES string of the molecule is CN1CCN(NC(=O)N2CCNC(=O)C2CC(=O)O)CC1. The molecule has 2 fully saturated rings. The molecule has 0 aromatic heterocycles. The molecule has 2 aliphatic heterocycles. The van der Waals surface area contributed by atoms with Crippen molar-refractivity contribution in [2.45, 2.75) is 12.5 Å². The molecule has 0 aliphatic carbocycles. The lowest BCUT2D eigenvalue weighted by atomic mass is 10.1. The van der Waals surface area contributed by atoms with Gasteiger partial charge < -0.3 is 20.2 Å². The van der Waals surface area contributed by atoms with E-state index in [9.17, 15) is 14.4 Å². The Morgan fingerprint density at radius 1 is 1.29 bits per heavy atom. The lowest BCUT2D eigenvalue weighted by molar-refractivity contribution is -0.142. The molecule has 9 heteroatoms. The van der Waals surface area contributed by atoms with Gasteiger partial charge in [0, 0.05) is 39.3 Å². The number of amides is 3. The van der Waals surface area contributed by atoms with E-state index >= 15 is 0 Å². The molecule has 3 amide bonds. The maximum atomic E-state index is 12.3. The van der Waals surface area contributed by atoms with Crippen LogP contribution in [-0.4, -0.2) is 90.2 Å². The number of urea groups is 1. The van der Waals surface area contributed by atoms with E-state index in [1.165, 1.54) is 4.90 Å². The summed E-state index contributed by atoms with van der Waals surface area (Å²) in [4.78, 5) is 38.3. The van der Waals surface area contributed by atoms with Crippen molar-refractivity contribution in [2.75, 3.05) is 46.3 Å². The second kappa shape index (κ2) is 6.72. The highest BCUT2D eigenvalue weighted by Gasteiger charge is 2.35. The summed E-state index contributed by atoms with van der Waals surface area (Å²) in [6.45, 7) is 3.74. The van der Waals surface area contributed by atoms with Gasteiger partial charge in [-0.3, -0.25) is 15.0 Å².